The van der Waals surface area contributed by atoms with E-state index in [0.717, 1.165) is 16.8 Å². The van der Waals surface area contributed by atoms with Crippen LogP contribution in [0.3, 0.4) is 0 Å². The molecule has 1 amide bonds. The molecule has 0 aromatic heterocycles. The van der Waals surface area contributed by atoms with Crippen LogP contribution in [-0.4, -0.2) is 25.0 Å². The van der Waals surface area contributed by atoms with Crippen molar-refractivity contribution in [3.63, 3.8) is 0 Å². The third-order valence-corrected chi connectivity index (χ3v) is 3.53. The van der Waals surface area contributed by atoms with Crippen LogP contribution in [0.4, 0.5) is 5.69 Å². The Kier molecular flexibility index (Phi) is 6.21. The summed E-state index contributed by atoms with van der Waals surface area (Å²) >= 11 is 5.79. The van der Waals surface area contributed by atoms with Gasteiger partial charge in [0.05, 0.1) is 6.54 Å². The summed E-state index contributed by atoms with van der Waals surface area (Å²) in [6.45, 7) is 4.84. The molecule has 0 saturated carbocycles. The van der Waals surface area contributed by atoms with E-state index >= 15 is 0 Å². The molecule has 0 aliphatic rings. The number of anilines is 1. The molecule has 6 heteroatoms. The second-order valence-electron chi connectivity index (χ2n) is 5.53. The minimum absolute atomic E-state index is 0.164. The van der Waals surface area contributed by atoms with Gasteiger partial charge in [-0.15, -0.1) is 0 Å². The summed E-state index contributed by atoms with van der Waals surface area (Å²) in [5.41, 5.74) is 9.63. The molecule has 0 fully saturated rings. The molecule has 24 heavy (non-hydrogen) atoms. The fourth-order valence-electron chi connectivity index (χ4n) is 2.28. The van der Waals surface area contributed by atoms with Crippen LogP contribution in [0, 0.1) is 13.8 Å². The van der Waals surface area contributed by atoms with Crippen molar-refractivity contribution >= 4 is 29.2 Å². The molecular weight excluding hydrogens is 324 g/mol. The zero-order valence-corrected chi connectivity index (χ0v) is 14.5. The molecule has 126 valence electrons. The van der Waals surface area contributed by atoms with Crippen LogP contribution in [0.1, 0.15) is 21.5 Å². The van der Waals surface area contributed by atoms with Crippen LogP contribution in [0.15, 0.2) is 47.5 Å². The van der Waals surface area contributed by atoms with Crippen molar-refractivity contribution in [1.82, 2.24) is 5.32 Å². The van der Waals surface area contributed by atoms with Gasteiger partial charge in [-0.25, -0.2) is 0 Å². The molecule has 4 N–H and O–H groups in total. The average molecular weight is 345 g/mol. The second kappa shape index (κ2) is 8.36. The summed E-state index contributed by atoms with van der Waals surface area (Å²) in [7, 11) is 0. The maximum absolute atomic E-state index is 11.9. The second-order valence-corrected chi connectivity index (χ2v) is 5.97. The Balaban J connectivity index is 1.80. The molecule has 5 nitrogen and oxygen atoms in total. The van der Waals surface area contributed by atoms with E-state index in [1.54, 1.807) is 24.3 Å². The minimum Gasteiger partial charge on any atom is -0.370 e. The van der Waals surface area contributed by atoms with E-state index in [-0.39, 0.29) is 5.91 Å². The zero-order chi connectivity index (χ0) is 17.5. The SMILES string of the molecule is Cc1cc(C)cc(NC(N)=NCCNC(=O)c2ccc(Cl)cc2)c1. The molecule has 0 aliphatic carbocycles. The van der Waals surface area contributed by atoms with E-state index in [1.165, 1.54) is 0 Å². The van der Waals surface area contributed by atoms with Crippen molar-refractivity contribution < 1.29 is 4.79 Å². The lowest BCUT2D eigenvalue weighted by Crippen LogP contribution is -2.28. The fourth-order valence-corrected chi connectivity index (χ4v) is 2.41. The summed E-state index contributed by atoms with van der Waals surface area (Å²) in [4.78, 5) is 16.1. The zero-order valence-electron chi connectivity index (χ0n) is 13.8. The summed E-state index contributed by atoms with van der Waals surface area (Å²) in [5, 5.41) is 6.43. The Hall–Kier alpha value is -2.53. The van der Waals surface area contributed by atoms with Gasteiger partial charge in [0.25, 0.3) is 5.91 Å². The van der Waals surface area contributed by atoms with E-state index in [9.17, 15) is 4.79 Å². The number of amides is 1. The van der Waals surface area contributed by atoms with Crippen molar-refractivity contribution in [3.05, 3.63) is 64.2 Å². The number of halogens is 1. The van der Waals surface area contributed by atoms with Gasteiger partial charge in [-0.3, -0.25) is 9.79 Å². The van der Waals surface area contributed by atoms with Gasteiger partial charge in [0.1, 0.15) is 0 Å². The molecule has 0 heterocycles. The highest BCUT2D eigenvalue weighted by Gasteiger charge is 2.04. The van der Waals surface area contributed by atoms with Gasteiger partial charge in [-0.1, -0.05) is 17.7 Å². The van der Waals surface area contributed by atoms with Gasteiger partial charge in [-0.05, 0) is 61.4 Å². The number of nitrogens with two attached hydrogens (primary N) is 1. The van der Waals surface area contributed by atoms with Gasteiger partial charge < -0.3 is 16.4 Å². The quantitative estimate of drug-likeness (QED) is 0.443. The molecule has 2 rings (SSSR count). The van der Waals surface area contributed by atoms with Crippen LogP contribution in [0.2, 0.25) is 5.02 Å². The summed E-state index contributed by atoms with van der Waals surface area (Å²) in [5.74, 6) is 0.156. The lowest BCUT2D eigenvalue weighted by Gasteiger charge is -2.08. The number of nitrogens with zero attached hydrogens (tertiary/aromatic N) is 1. The standard InChI is InChI=1S/C18H21ClN4O/c1-12-9-13(2)11-16(10-12)23-18(20)22-8-7-21-17(24)14-3-5-15(19)6-4-14/h3-6,9-11H,7-8H2,1-2H3,(H,21,24)(H3,20,22,23). The highest BCUT2D eigenvalue weighted by Crippen LogP contribution is 2.13. The largest absolute Gasteiger partial charge is 0.370 e. The molecular formula is C18H21ClN4O. The van der Waals surface area contributed by atoms with Gasteiger partial charge >= 0.3 is 0 Å². The van der Waals surface area contributed by atoms with Crippen molar-refractivity contribution in [1.29, 1.82) is 0 Å². The predicted octanol–water partition coefficient (Wildman–Crippen LogP) is 3.11. The predicted molar refractivity (Wildman–Crippen MR) is 99.8 cm³/mol. The molecule has 2 aromatic rings. The first-order chi connectivity index (χ1) is 11.4. The Bertz CT molecular complexity index is 721. The Labute approximate surface area is 146 Å². The normalized spacial score (nSPS) is 11.2. The number of carbonyl (C=O) groups is 1. The maximum atomic E-state index is 11.9. The molecule has 0 atom stereocenters. The van der Waals surface area contributed by atoms with E-state index in [4.69, 9.17) is 17.3 Å². The lowest BCUT2D eigenvalue weighted by molar-refractivity contribution is 0.0955. The number of aryl methyl sites for hydroxylation is 2. The number of hydrogen-bond acceptors (Lipinski definition) is 2. The van der Waals surface area contributed by atoms with Gasteiger partial charge in [0, 0.05) is 22.8 Å². The first-order valence-electron chi connectivity index (χ1n) is 7.63. The lowest BCUT2D eigenvalue weighted by atomic mass is 10.1. The fraction of sp³-hybridized carbons (Fsp3) is 0.222. The summed E-state index contributed by atoms with van der Waals surface area (Å²) in [6.07, 6.45) is 0. The van der Waals surface area contributed by atoms with E-state index in [1.807, 2.05) is 26.0 Å². The third-order valence-electron chi connectivity index (χ3n) is 3.28. The van der Waals surface area contributed by atoms with Crippen LogP contribution in [0.5, 0.6) is 0 Å². The van der Waals surface area contributed by atoms with Crippen LogP contribution < -0.4 is 16.4 Å². The first kappa shape index (κ1) is 17.8. The minimum atomic E-state index is -0.164. The maximum Gasteiger partial charge on any atom is 0.251 e. The van der Waals surface area contributed by atoms with Gasteiger partial charge in [-0.2, -0.15) is 0 Å². The number of rotatable bonds is 5. The van der Waals surface area contributed by atoms with Crippen molar-refractivity contribution in [2.75, 3.05) is 18.4 Å². The molecule has 0 bridgehead atoms. The van der Waals surface area contributed by atoms with Crippen LogP contribution in [-0.2, 0) is 0 Å². The monoisotopic (exact) mass is 344 g/mol. The van der Waals surface area contributed by atoms with E-state index in [2.05, 4.69) is 21.7 Å². The molecule has 0 aliphatic heterocycles. The van der Waals surface area contributed by atoms with Crippen LogP contribution >= 0.6 is 11.6 Å². The molecule has 0 spiro atoms. The van der Waals surface area contributed by atoms with Crippen molar-refractivity contribution in [2.24, 2.45) is 10.7 Å². The Morgan fingerprint density at radius 3 is 2.38 bits per heavy atom. The molecule has 0 saturated heterocycles. The third kappa shape index (κ3) is 5.59. The first-order valence-corrected chi connectivity index (χ1v) is 8.01. The van der Waals surface area contributed by atoms with Crippen LogP contribution in [0.25, 0.3) is 0 Å². The smallest absolute Gasteiger partial charge is 0.251 e. The molecule has 0 unspecified atom stereocenters. The van der Waals surface area contributed by atoms with Crippen molar-refractivity contribution in [2.45, 2.75) is 13.8 Å². The molecule has 0 radical (unpaired) electrons. The Morgan fingerprint density at radius 1 is 1.12 bits per heavy atom. The highest BCUT2D eigenvalue weighted by atomic mass is 35.5. The van der Waals surface area contributed by atoms with Crippen molar-refractivity contribution in [3.8, 4) is 0 Å². The number of nitrogens with one attached hydrogen (secondary N) is 2. The van der Waals surface area contributed by atoms with E-state index < -0.39 is 0 Å². The average Bonchev–Trinajstić information content (AvgIpc) is 2.51. The number of carbonyl (C=O) groups excluding carboxylic acids is 1. The number of aliphatic imine (C=N–C) groups is 1. The highest BCUT2D eigenvalue weighted by molar-refractivity contribution is 6.30. The summed E-state index contributed by atoms with van der Waals surface area (Å²) in [6, 6.07) is 12.8. The number of guanidine groups is 1. The van der Waals surface area contributed by atoms with Gasteiger partial charge in [0.2, 0.25) is 0 Å². The topological polar surface area (TPSA) is 79.5 Å². The van der Waals surface area contributed by atoms with E-state index in [0.29, 0.717) is 29.6 Å². The Morgan fingerprint density at radius 2 is 1.75 bits per heavy atom. The summed E-state index contributed by atoms with van der Waals surface area (Å²) < 4.78 is 0. The molecule has 2 aromatic carbocycles. The number of hydrogen-bond donors (Lipinski definition) is 3. The van der Waals surface area contributed by atoms with Gasteiger partial charge in [0.15, 0.2) is 5.96 Å². The number of benzene rings is 2.